The Hall–Kier alpha value is -7.70. The second-order valence-corrected chi connectivity index (χ2v) is 13.9. The lowest BCUT2D eigenvalue weighted by atomic mass is 10.1. The minimum atomic E-state index is 0.551. The molecule has 0 aliphatic rings. The molecule has 0 amide bonds. The van der Waals surface area contributed by atoms with Crippen molar-refractivity contribution in [1.29, 1.82) is 0 Å². The first kappa shape index (κ1) is 31.8. The van der Waals surface area contributed by atoms with E-state index >= 15 is 0 Å². The second kappa shape index (κ2) is 13.0. The first-order valence-corrected chi connectivity index (χ1v) is 18.7. The zero-order valence-electron chi connectivity index (χ0n) is 30.2. The molecular formula is C50H32N6. The number of rotatable bonds is 6. The molecule has 7 aromatic carbocycles. The van der Waals surface area contributed by atoms with Gasteiger partial charge >= 0.3 is 0 Å². The van der Waals surface area contributed by atoms with Crippen LogP contribution < -0.4 is 0 Å². The SMILES string of the molecule is c1ccc(-c2cc(-c3ccccc3)nc(-c3ccnc(-c4ccc5c(c4)c4ccccc4n5-c4cccc(-n5c6ccccc6c6ccccc65)c4)n3)n2)cc1. The average Bonchev–Trinajstić information content (AvgIpc) is 3.80. The molecule has 0 N–H and O–H groups in total. The Kier molecular flexibility index (Phi) is 7.38. The summed E-state index contributed by atoms with van der Waals surface area (Å²) in [5.41, 5.74) is 12.1. The van der Waals surface area contributed by atoms with Crippen LogP contribution in [-0.4, -0.2) is 29.1 Å². The van der Waals surface area contributed by atoms with Crippen LogP contribution >= 0.6 is 0 Å². The van der Waals surface area contributed by atoms with Gasteiger partial charge in [-0.1, -0.05) is 121 Å². The summed E-state index contributed by atoms with van der Waals surface area (Å²) >= 11 is 0. The molecule has 6 heteroatoms. The van der Waals surface area contributed by atoms with E-state index in [4.69, 9.17) is 19.9 Å². The van der Waals surface area contributed by atoms with Gasteiger partial charge in [0.2, 0.25) is 0 Å². The minimum absolute atomic E-state index is 0.551. The highest BCUT2D eigenvalue weighted by molar-refractivity contribution is 6.11. The maximum atomic E-state index is 5.08. The van der Waals surface area contributed by atoms with Crippen molar-refractivity contribution in [3.63, 3.8) is 0 Å². The molecule has 4 heterocycles. The fraction of sp³-hybridized carbons (Fsp3) is 0. The molecule has 0 atom stereocenters. The lowest BCUT2D eigenvalue weighted by molar-refractivity contribution is 1.11. The Balaban J connectivity index is 1.03. The third-order valence-electron chi connectivity index (χ3n) is 10.6. The van der Waals surface area contributed by atoms with Crippen LogP contribution in [0.1, 0.15) is 0 Å². The van der Waals surface area contributed by atoms with Crippen molar-refractivity contribution in [2.75, 3.05) is 0 Å². The molecule has 262 valence electrons. The van der Waals surface area contributed by atoms with Gasteiger partial charge in [0.25, 0.3) is 0 Å². The maximum absolute atomic E-state index is 5.08. The smallest absolute Gasteiger partial charge is 0.179 e. The fourth-order valence-corrected chi connectivity index (χ4v) is 8.06. The van der Waals surface area contributed by atoms with Crippen molar-refractivity contribution < 1.29 is 0 Å². The predicted molar refractivity (Wildman–Crippen MR) is 228 cm³/mol. The van der Waals surface area contributed by atoms with Gasteiger partial charge in [0.15, 0.2) is 11.6 Å². The Bertz CT molecular complexity index is 3140. The molecule has 0 aliphatic heterocycles. The zero-order valence-corrected chi connectivity index (χ0v) is 30.2. The normalized spacial score (nSPS) is 11.6. The number of hydrogen-bond donors (Lipinski definition) is 0. The Morgan fingerprint density at radius 3 is 1.36 bits per heavy atom. The van der Waals surface area contributed by atoms with Crippen LogP contribution in [0, 0.1) is 0 Å². The van der Waals surface area contributed by atoms with Crippen LogP contribution in [0.15, 0.2) is 194 Å². The van der Waals surface area contributed by atoms with Gasteiger partial charge in [-0.15, -0.1) is 0 Å². The zero-order chi connectivity index (χ0) is 37.0. The largest absolute Gasteiger partial charge is 0.309 e. The molecule has 6 nitrogen and oxygen atoms in total. The second-order valence-electron chi connectivity index (χ2n) is 13.9. The van der Waals surface area contributed by atoms with Gasteiger partial charge < -0.3 is 9.13 Å². The highest BCUT2D eigenvalue weighted by Gasteiger charge is 2.18. The van der Waals surface area contributed by atoms with E-state index in [0.29, 0.717) is 17.3 Å². The van der Waals surface area contributed by atoms with Crippen molar-refractivity contribution in [2.24, 2.45) is 0 Å². The molecule has 0 fully saturated rings. The average molecular weight is 717 g/mol. The van der Waals surface area contributed by atoms with Gasteiger partial charge in [0, 0.05) is 55.8 Å². The summed E-state index contributed by atoms with van der Waals surface area (Å²) in [5, 5.41) is 4.78. The highest BCUT2D eigenvalue weighted by Crippen LogP contribution is 2.37. The topological polar surface area (TPSA) is 61.4 Å². The van der Waals surface area contributed by atoms with E-state index < -0.39 is 0 Å². The summed E-state index contributed by atoms with van der Waals surface area (Å²) in [6.45, 7) is 0. The van der Waals surface area contributed by atoms with Gasteiger partial charge in [0.05, 0.1) is 33.5 Å². The van der Waals surface area contributed by atoms with E-state index in [1.54, 1.807) is 6.20 Å². The molecule has 0 saturated carbocycles. The first-order chi connectivity index (χ1) is 27.8. The Labute approximate surface area is 322 Å². The molecule has 0 radical (unpaired) electrons. The van der Waals surface area contributed by atoms with Crippen molar-refractivity contribution in [3.8, 4) is 56.8 Å². The predicted octanol–water partition coefficient (Wildman–Crippen LogP) is 12.1. The molecule has 11 rings (SSSR count). The molecule has 56 heavy (non-hydrogen) atoms. The van der Waals surface area contributed by atoms with E-state index in [9.17, 15) is 0 Å². The van der Waals surface area contributed by atoms with Gasteiger partial charge in [0.1, 0.15) is 5.69 Å². The van der Waals surface area contributed by atoms with Crippen molar-refractivity contribution >= 4 is 43.6 Å². The van der Waals surface area contributed by atoms with Crippen LogP contribution in [0.25, 0.3) is 100 Å². The summed E-state index contributed by atoms with van der Waals surface area (Å²) < 4.78 is 4.73. The van der Waals surface area contributed by atoms with Gasteiger partial charge in [-0.3, -0.25) is 0 Å². The summed E-state index contributed by atoms with van der Waals surface area (Å²) in [6, 6.07) is 65.5. The van der Waals surface area contributed by atoms with E-state index in [-0.39, 0.29) is 0 Å². The monoisotopic (exact) mass is 716 g/mol. The minimum Gasteiger partial charge on any atom is -0.309 e. The van der Waals surface area contributed by atoms with E-state index in [2.05, 4.69) is 149 Å². The summed E-state index contributed by atoms with van der Waals surface area (Å²) in [5.74, 6) is 1.17. The standard InChI is InChI=1S/C50H32N6/c1-3-14-33(15-4-1)43-32-44(34-16-5-2-6-17-34)54-50(53-43)42-28-29-51-49(52-42)35-26-27-48-41(30-35)40-22-9-12-25-47(40)56(48)37-19-13-18-36(31-37)55-45-23-10-7-20-38(45)39-21-8-11-24-46(39)55/h1-32H. The third kappa shape index (κ3) is 5.27. The lowest BCUT2D eigenvalue weighted by Gasteiger charge is -2.13. The Morgan fingerprint density at radius 1 is 0.304 bits per heavy atom. The molecule has 11 aromatic rings. The lowest BCUT2D eigenvalue weighted by Crippen LogP contribution is -1.99. The number of fused-ring (bicyclic) bond motifs is 6. The van der Waals surface area contributed by atoms with Crippen LogP contribution in [0.2, 0.25) is 0 Å². The van der Waals surface area contributed by atoms with Crippen LogP contribution in [-0.2, 0) is 0 Å². The molecule has 0 bridgehead atoms. The maximum Gasteiger partial charge on any atom is 0.179 e. The number of nitrogens with zero attached hydrogens (tertiary/aromatic N) is 6. The molecule has 4 aromatic heterocycles. The number of para-hydroxylation sites is 3. The van der Waals surface area contributed by atoms with E-state index in [1.807, 2.05) is 48.5 Å². The summed E-state index contributed by atoms with van der Waals surface area (Å²) in [6.07, 6.45) is 1.80. The molecule has 0 unspecified atom stereocenters. The summed E-state index contributed by atoms with van der Waals surface area (Å²) in [7, 11) is 0. The van der Waals surface area contributed by atoms with Crippen molar-refractivity contribution in [2.45, 2.75) is 0 Å². The van der Waals surface area contributed by atoms with Gasteiger partial charge in [-0.25, -0.2) is 19.9 Å². The number of hydrogen-bond acceptors (Lipinski definition) is 4. The molecule has 0 saturated heterocycles. The van der Waals surface area contributed by atoms with E-state index in [0.717, 1.165) is 61.3 Å². The molecule has 0 spiro atoms. The van der Waals surface area contributed by atoms with Crippen LogP contribution in [0.5, 0.6) is 0 Å². The quantitative estimate of drug-likeness (QED) is 0.172. The fourth-order valence-electron chi connectivity index (χ4n) is 8.06. The molecule has 0 aliphatic carbocycles. The number of aromatic nitrogens is 6. The van der Waals surface area contributed by atoms with Crippen LogP contribution in [0.4, 0.5) is 0 Å². The van der Waals surface area contributed by atoms with Crippen LogP contribution in [0.3, 0.4) is 0 Å². The highest BCUT2D eigenvalue weighted by atomic mass is 15.0. The number of benzene rings is 7. The Morgan fingerprint density at radius 2 is 0.786 bits per heavy atom. The first-order valence-electron chi connectivity index (χ1n) is 18.7. The van der Waals surface area contributed by atoms with Gasteiger partial charge in [-0.05, 0) is 66.7 Å². The van der Waals surface area contributed by atoms with E-state index in [1.165, 1.54) is 21.8 Å². The molecular weight excluding hydrogens is 685 g/mol. The summed E-state index contributed by atoms with van der Waals surface area (Å²) in [4.78, 5) is 19.9. The van der Waals surface area contributed by atoms with Crippen molar-refractivity contribution in [1.82, 2.24) is 29.1 Å². The third-order valence-corrected chi connectivity index (χ3v) is 10.6. The van der Waals surface area contributed by atoms with Crippen molar-refractivity contribution in [3.05, 3.63) is 194 Å². The van der Waals surface area contributed by atoms with Gasteiger partial charge in [-0.2, -0.15) is 0 Å².